The van der Waals surface area contributed by atoms with Crippen LogP contribution in [0.25, 0.3) is 0 Å². The zero-order valence-corrected chi connectivity index (χ0v) is 18.0. The second kappa shape index (κ2) is 10.5. The van der Waals surface area contributed by atoms with Crippen molar-refractivity contribution in [1.82, 2.24) is 9.80 Å². The number of carbonyl (C=O) groups is 1. The molecule has 5 nitrogen and oxygen atoms in total. The van der Waals surface area contributed by atoms with E-state index in [1.54, 1.807) is 0 Å². The van der Waals surface area contributed by atoms with Gasteiger partial charge in [0.15, 0.2) is 11.5 Å². The molecule has 29 heavy (non-hydrogen) atoms. The SMILES string of the molecule is CCOc1ccc(CC(=O)N2CCN(Cc3cccc(Cl)c3)CC2)cc1OCC. The van der Waals surface area contributed by atoms with Gasteiger partial charge in [-0.25, -0.2) is 0 Å². The second-order valence-electron chi connectivity index (χ2n) is 7.11. The van der Waals surface area contributed by atoms with E-state index in [-0.39, 0.29) is 5.91 Å². The van der Waals surface area contributed by atoms with Crippen molar-refractivity contribution in [2.24, 2.45) is 0 Å². The topological polar surface area (TPSA) is 42.0 Å². The number of piperazine rings is 1. The number of hydrogen-bond acceptors (Lipinski definition) is 4. The molecular formula is C23H29ClN2O3. The third kappa shape index (κ3) is 6.12. The molecule has 0 unspecified atom stereocenters. The lowest BCUT2D eigenvalue weighted by Crippen LogP contribution is -2.48. The smallest absolute Gasteiger partial charge is 0.227 e. The van der Waals surface area contributed by atoms with Gasteiger partial charge in [0.1, 0.15) is 0 Å². The molecule has 0 bridgehead atoms. The van der Waals surface area contributed by atoms with Crippen LogP contribution in [0.4, 0.5) is 0 Å². The first-order valence-corrected chi connectivity index (χ1v) is 10.6. The summed E-state index contributed by atoms with van der Waals surface area (Å²) in [5.41, 5.74) is 2.15. The van der Waals surface area contributed by atoms with Gasteiger partial charge >= 0.3 is 0 Å². The van der Waals surface area contributed by atoms with Gasteiger partial charge in [-0.05, 0) is 49.2 Å². The van der Waals surface area contributed by atoms with Crippen LogP contribution in [-0.2, 0) is 17.8 Å². The Bertz CT molecular complexity index is 820. The van der Waals surface area contributed by atoms with E-state index in [1.807, 2.05) is 55.1 Å². The van der Waals surface area contributed by atoms with Crippen LogP contribution < -0.4 is 9.47 Å². The average Bonchev–Trinajstić information content (AvgIpc) is 2.71. The highest BCUT2D eigenvalue weighted by Crippen LogP contribution is 2.29. The number of ether oxygens (including phenoxy) is 2. The van der Waals surface area contributed by atoms with Gasteiger partial charge in [-0.15, -0.1) is 0 Å². The summed E-state index contributed by atoms with van der Waals surface area (Å²) in [6, 6.07) is 13.7. The number of amides is 1. The monoisotopic (exact) mass is 416 g/mol. The summed E-state index contributed by atoms with van der Waals surface area (Å²) in [4.78, 5) is 17.1. The largest absolute Gasteiger partial charge is 0.490 e. The van der Waals surface area contributed by atoms with E-state index < -0.39 is 0 Å². The first-order chi connectivity index (χ1) is 14.1. The van der Waals surface area contributed by atoms with Gasteiger partial charge in [0, 0.05) is 37.7 Å². The lowest BCUT2D eigenvalue weighted by molar-refractivity contribution is -0.132. The number of benzene rings is 2. The van der Waals surface area contributed by atoms with Crippen molar-refractivity contribution < 1.29 is 14.3 Å². The fourth-order valence-corrected chi connectivity index (χ4v) is 3.75. The second-order valence-corrected chi connectivity index (χ2v) is 7.55. The Morgan fingerprint density at radius 3 is 2.34 bits per heavy atom. The Hall–Kier alpha value is -2.24. The van der Waals surface area contributed by atoms with Crippen molar-refractivity contribution in [3.63, 3.8) is 0 Å². The van der Waals surface area contributed by atoms with Crippen molar-refractivity contribution in [3.05, 3.63) is 58.6 Å². The highest BCUT2D eigenvalue weighted by atomic mass is 35.5. The summed E-state index contributed by atoms with van der Waals surface area (Å²) < 4.78 is 11.3. The number of carbonyl (C=O) groups excluding carboxylic acids is 1. The molecule has 1 amide bonds. The van der Waals surface area contributed by atoms with Crippen molar-refractivity contribution >= 4 is 17.5 Å². The van der Waals surface area contributed by atoms with Gasteiger partial charge in [0.05, 0.1) is 19.6 Å². The van der Waals surface area contributed by atoms with E-state index in [2.05, 4.69) is 11.0 Å². The number of hydrogen-bond donors (Lipinski definition) is 0. The molecule has 2 aromatic rings. The molecule has 0 N–H and O–H groups in total. The first kappa shape index (κ1) is 21.5. The highest BCUT2D eigenvalue weighted by Gasteiger charge is 2.21. The van der Waals surface area contributed by atoms with E-state index in [9.17, 15) is 4.79 Å². The molecule has 1 aliphatic heterocycles. The molecule has 0 saturated carbocycles. The molecule has 0 aliphatic carbocycles. The van der Waals surface area contributed by atoms with Crippen molar-refractivity contribution in [2.45, 2.75) is 26.8 Å². The van der Waals surface area contributed by atoms with Crippen LogP contribution in [0.2, 0.25) is 5.02 Å². The molecule has 1 fully saturated rings. The molecule has 156 valence electrons. The predicted molar refractivity (Wildman–Crippen MR) is 116 cm³/mol. The fraction of sp³-hybridized carbons (Fsp3) is 0.435. The third-order valence-corrected chi connectivity index (χ3v) is 5.22. The van der Waals surface area contributed by atoms with Crippen LogP contribution >= 0.6 is 11.6 Å². The Kier molecular flexibility index (Phi) is 7.78. The van der Waals surface area contributed by atoms with Gasteiger partial charge in [0.25, 0.3) is 0 Å². The minimum atomic E-state index is 0.152. The maximum Gasteiger partial charge on any atom is 0.227 e. The van der Waals surface area contributed by atoms with Gasteiger partial charge in [-0.1, -0.05) is 29.8 Å². The molecule has 1 saturated heterocycles. The summed E-state index contributed by atoms with van der Waals surface area (Å²) >= 11 is 6.07. The maximum atomic E-state index is 12.8. The van der Waals surface area contributed by atoms with E-state index >= 15 is 0 Å². The molecule has 0 radical (unpaired) electrons. The fourth-order valence-electron chi connectivity index (χ4n) is 3.54. The molecular weight excluding hydrogens is 388 g/mol. The van der Waals surface area contributed by atoms with Gasteiger partial charge in [-0.3, -0.25) is 9.69 Å². The molecule has 3 rings (SSSR count). The molecule has 1 aliphatic rings. The standard InChI is InChI=1S/C23H29ClN2O3/c1-3-28-21-9-8-18(15-22(21)29-4-2)16-23(27)26-12-10-25(11-13-26)17-19-6-5-7-20(24)14-19/h5-9,14-15H,3-4,10-13,16-17H2,1-2H3. The summed E-state index contributed by atoms with van der Waals surface area (Å²) in [6.45, 7) is 9.11. The lowest BCUT2D eigenvalue weighted by Gasteiger charge is -2.35. The molecule has 0 spiro atoms. The van der Waals surface area contributed by atoms with E-state index in [4.69, 9.17) is 21.1 Å². The average molecular weight is 417 g/mol. The Labute approximate surface area is 178 Å². The first-order valence-electron chi connectivity index (χ1n) is 10.2. The maximum absolute atomic E-state index is 12.8. The highest BCUT2D eigenvalue weighted by molar-refractivity contribution is 6.30. The van der Waals surface area contributed by atoms with Crippen LogP contribution in [0, 0.1) is 0 Å². The van der Waals surface area contributed by atoms with E-state index in [0.29, 0.717) is 25.4 Å². The number of halogens is 1. The Balaban J connectivity index is 1.53. The van der Waals surface area contributed by atoms with Crippen molar-refractivity contribution in [2.75, 3.05) is 39.4 Å². The quantitative estimate of drug-likeness (QED) is 0.651. The Morgan fingerprint density at radius 1 is 0.931 bits per heavy atom. The van der Waals surface area contributed by atoms with Crippen LogP contribution in [0.3, 0.4) is 0 Å². The third-order valence-electron chi connectivity index (χ3n) is 4.98. The zero-order valence-electron chi connectivity index (χ0n) is 17.2. The number of rotatable bonds is 8. The van der Waals surface area contributed by atoms with E-state index in [0.717, 1.165) is 49.1 Å². The summed E-state index contributed by atoms with van der Waals surface area (Å²) in [5, 5.41) is 0.762. The number of nitrogens with zero attached hydrogens (tertiary/aromatic N) is 2. The lowest BCUT2D eigenvalue weighted by atomic mass is 10.1. The van der Waals surface area contributed by atoms with E-state index in [1.165, 1.54) is 5.56 Å². The Morgan fingerprint density at radius 2 is 1.66 bits per heavy atom. The molecule has 0 aromatic heterocycles. The van der Waals surface area contributed by atoms with Gasteiger partial charge in [-0.2, -0.15) is 0 Å². The van der Waals surface area contributed by atoms with Gasteiger partial charge < -0.3 is 14.4 Å². The van der Waals surface area contributed by atoms with Crippen LogP contribution in [0.1, 0.15) is 25.0 Å². The molecule has 2 aromatic carbocycles. The normalized spacial score (nSPS) is 14.7. The summed E-state index contributed by atoms with van der Waals surface area (Å²) in [7, 11) is 0. The minimum absolute atomic E-state index is 0.152. The van der Waals surface area contributed by atoms with Crippen molar-refractivity contribution in [1.29, 1.82) is 0 Å². The molecule has 1 heterocycles. The summed E-state index contributed by atoms with van der Waals surface area (Å²) in [6.07, 6.45) is 0.376. The molecule has 6 heteroatoms. The summed E-state index contributed by atoms with van der Waals surface area (Å²) in [5.74, 6) is 1.57. The van der Waals surface area contributed by atoms with Crippen molar-refractivity contribution in [3.8, 4) is 11.5 Å². The minimum Gasteiger partial charge on any atom is -0.490 e. The zero-order chi connectivity index (χ0) is 20.6. The van der Waals surface area contributed by atoms with Crippen LogP contribution in [0.5, 0.6) is 11.5 Å². The van der Waals surface area contributed by atoms with Crippen LogP contribution in [0.15, 0.2) is 42.5 Å². The molecule has 0 atom stereocenters. The predicted octanol–water partition coefficient (Wildman–Crippen LogP) is 4.02. The van der Waals surface area contributed by atoms with Crippen LogP contribution in [-0.4, -0.2) is 55.1 Å². The van der Waals surface area contributed by atoms with Gasteiger partial charge in [0.2, 0.25) is 5.91 Å².